The Bertz CT molecular complexity index is 571. The summed E-state index contributed by atoms with van der Waals surface area (Å²) in [7, 11) is 1.28. The lowest BCUT2D eigenvalue weighted by Gasteiger charge is -2.24. The predicted molar refractivity (Wildman–Crippen MR) is 76.7 cm³/mol. The summed E-state index contributed by atoms with van der Waals surface area (Å²) in [6.07, 6.45) is 1.16. The average molecular weight is 290 g/mol. The second kappa shape index (κ2) is 6.39. The first kappa shape index (κ1) is 15.0. The van der Waals surface area contributed by atoms with Crippen LogP contribution in [0, 0.1) is 0 Å². The van der Waals surface area contributed by atoms with Crippen molar-refractivity contribution in [2.45, 2.75) is 25.8 Å². The smallest absolute Gasteiger partial charge is 0.325 e. The summed E-state index contributed by atoms with van der Waals surface area (Å²) in [4.78, 5) is 36.8. The minimum absolute atomic E-state index is 0.164. The summed E-state index contributed by atoms with van der Waals surface area (Å²) in [5, 5.41) is 2.65. The van der Waals surface area contributed by atoms with E-state index in [1.54, 1.807) is 6.07 Å². The summed E-state index contributed by atoms with van der Waals surface area (Å²) in [6, 6.07) is 6.79. The summed E-state index contributed by atoms with van der Waals surface area (Å²) < 4.78 is 4.65. The Morgan fingerprint density at radius 1 is 1.38 bits per heavy atom. The van der Waals surface area contributed by atoms with Crippen molar-refractivity contribution >= 4 is 23.5 Å². The van der Waals surface area contributed by atoms with E-state index in [1.165, 1.54) is 18.9 Å². The number of carbonyl (C=O) groups is 3. The molecule has 1 heterocycles. The molecule has 0 aromatic heterocycles. The molecule has 0 aliphatic carbocycles. The topological polar surface area (TPSA) is 75.7 Å². The third-order valence-electron chi connectivity index (χ3n) is 3.44. The lowest BCUT2D eigenvalue weighted by molar-refractivity contribution is -0.140. The lowest BCUT2D eigenvalue weighted by atomic mass is 10.1. The monoisotopic (exact) mass is 290 g/mol. The number of para-hydroxylation sites is 1. The summed E-state index contributed by atoms with van der Waals surface area (Å²) >= 11 is 0. The van der Waals surface area contributed by atoms with E-state index in [2.05, 4.69) is 10.1 Å². The minimum atomic E-state index is -0.625. The number of esters is 1. The van der Waals surface area contributed by atoms with Crippen LogP contribution in [0.4, 0.5) is 5.69 Å². The van der Waals surface area contributed by atoms with Crippen LogP contribution in [-0.4, -0.2) is 37.5 Å². The lowest BCUT2D eigenvalue weighted by Crippen LogP contribution is -2.49. The van der Waals surface area contributed by atoms with Crippen molar-refractivity contribution in [3.63, 3.8) is 0 Å². The van der Waals surface area contributed by atoms with Gasteiger partial charge in [-0.15, -0.1) is 0 Å². The van der Waals surface area contributed by atoms with Gasteiger partial charge in [0.2, 0.25) is 11.8 Å². The minimum Gasteiger partial charge on any atom is -0.468 e. The van der Waals surface area contributed by atoms with Crippen molar-refractivity contribution in [3.8, 4) is 0 Å². The molecule has 0 saturated heterocycles. The number of rotatable bonds is 3. The summed E-state index contributed by atoms with van der Waals surface area (Å²) in [5.41, 5.74) is 1.67. The number of aryl methyl sites for hydroxylation is 1. The van der Waals surface area contributed by atoms with Crippen LogP contribution in [0.25, 0.3) is 0 Å². The molecule has 6 heteroatoms. The molecular formula is C15H18N2O4. The number of amides is 2. The number of ether oxygens (including phenoxy) is 1. The predicted octanol–water partition coefficient (Wildman–Crippen LogP) is 0.644. The molecule has 21 heavy (non-hydrogen) atoms. The van der Waals surface area contributed by atoms with E-state index < -0.39 is 12.0 Å². The highest BCUT2D eigenvalue weighted by Crippen LogP contribution is 2.26. The Hall–Kier alpha value is -2.37. The molecule has 1 atom stereocenters. The van der Waals surface area contributed by atoms with E-state index in [-0.39, 0.29) is 18.4 Å². The van der Waals surface area contributed by atoms with Crippen LogP contribution in [-0.2, 0) is 25.5 Å². The van der Waals surface area contributed by atoms with Gasteiger partial charge in [-0.2, -0.15) is 0 Å². The SMILES string of the molecule is COC(=O)CN1C(=O)C(NC(C)=O)CCc2ccccc21. The van der Waals surface area contributed by atoms with Gasteiger partial charge in [-0.05, 0) is 24.5 Å². The number of nitrogens with one attached hydrogen (secondary N) is 1. The van der Waals surface area contributed by atoms with Crippen LogP contribution in [0.1, 0.15) is 18.9 Å². The standard InChI is InChI=1S/C15H18N2O4/c1-10(18)16-12-8-7-11-5-3-4-6-13(11)17(15(12)20)9-14(19)21-2/h3-6,12H,7-9H2,1-2H3,(H,16,18). The molecule has 6 nitrogen and oxygen atoms in total. The van der Waals surface area contributed by atoms with Crippen molar-refractivity contribution < 1.29 is 19.1 Å². The molecule has 0 spiro atoms. The summed E-state index contributed by atoms with van der Waals surface area (Å²) in [6.45, 7) is 1.21. The molecule has 1 aromatic rings. The maximum atomic E-state index is 12.6. The zero-order valence-corrected chi connectivity index (χ0v) is 12.1. The number of nitrogens with zero attached hydrogens (tertiary/aromatic N) is 1. The first-order valence-electron chi connectivity index (χ1n) is 6.76. The highest BCUT2D eigenvalue weighted by atomic mass is 16.5. The van der Waals surface area contributed by atoms with Crippen molar-refractivity contribution in [3.05, 3.63) is 29.8 Å². The van der Waals surface area contributed by atoms with E-state index in [1.807, 2.05) is 18.2 Å². The van der Waals surface area contributed by atoms with Crippen molar-refractivity contribution in [1.82, 2.24) is 5.32 Å². The van der Waals surface area contributed by atoms with Crippen LogP contribution in [0.5, 0.6) is 0 Å². The van der Waals surface area contributed by atoms with Gasteiger partial charge in [-0.25, -0.2) is 0 Å². The number of benzene rings is 1. The third kappa shape index (κ3) is 3.39. The largest absolute Gasteiger partial charge is 0.468 e. The highest BCUT2D eigenvalue weighted by molar-refractivity contribution is 6.03. The number of carbonyl (C=O) groups excluding carboxylic acids is 3. The Morgan fingerprint density at radius 3 is 2.76 bits per heavy atom. The van der Waals surface area contributed by atoms with Crippen LogP contribution in [0.3, 0.4) is 0 Å². The first-order valence-corrected chi connectivity index (χ1v) is 6.76. The Kier molecular flexibility index (Phi) is 4.57. The molecule has 1 aliphatic rings. The van der Waals surface area contributed by atoms with Gasteiger partial charge in [-0.1, -0.05) is 18.2 Å². The van der Waals surface area contributed by atoms with Crippen molar-refractivity contribution in [2.75, 3.05) is 18.6 Å². The summed E-state index contributed by atoms with van der Waals surface area (Å²) in [5.74, 6) is -1.06. The van der Waals surface area contributed by atoms with Gasteiger partial charge in [0.05, 0.1) is 7.11 Å². The fraction of sp³-hybridized carbons (Fsp3) is 0.400. The number of methoxy groups -OCH3 is 1. The first-order chi connectivity index (χ1) is 10.0. The van der Waals surface area contributed by atoms with E-state index >= 15 is 0 Å². The Balaban J connectivity index is 2.35. The fourth-order valence-electron chi connectivity index (χ4n) is 2.45. The van der Waals surface area contributed by atoms with E-state index in [0.717, 1.165) is 5.56 Å². The molecule has 1 unspecified atom stereocenters. The molecule has 0 radical (unpaired) electrons. The second-order valence-corrected chi connectivity index (χ2v) is 4.92. The van der Waals surface area contributed by atoms with Crippen LogP contribution in [0.2, 0.25) is 0 Å². The maximum absolute atomic E-state index is 12.6. The van der Waals surface area contributed by atoms with Crippen molar-refractivity contribution in [1.29, 1.82) is 0 Å². The molecular weight excluding hydrogens is 272 g/mol. The van der Waals surface area contributed by atoms with Gasteiger partial charge in [0, 0.05) is 12.6 Å². The second-order valence-electron chi connectivity index (χ2n) is 4.92. The van der Waals surface area contributed by atoms with E-state index in [0.29, 0.717) is 18.5 Å². The van der Waals surface area contributed by atoms with Gasteiger partial charge in [0.25, 0.3) is 0 Å². The molecule has 1 aliphatic heterocycles. The number of fused-ring (bicyclic) bond motifs is 1. The molecule has 0 saturated carbocycles. The zero-order chi connectivity index (χ0) is 15.4. The van der Waals surface area contributed by atoms with E-state index in [4.69, 9.17) is 0 Å². The molecule has 112 valence electrons. The van der Waals surface area contributed by atoms with E-state index in [9.17, 15) is 14.4 Å². The molecule has 2 amide bonds. The van der Waals surface area contributed by atoms with Gasteiger partial charge >= 0.3 is 5.97 Å². The number of anilines is 1. The highest BCUT2D eigenvalue weighted by Gasteiger charge is 2.32. The van der Waals surface area contributed by atoms with Gasteiger partial charge in [0.15, 0.2) is 0 Å². The number of hydrogen-bond donors (Lipinski definition) is 1. The van der Waals surface area contributed by atoms with Crippen LogP contribution in [0.15, 0.2) is 24.3 Å². The maximum Gasteiger partial charge on any atom is 0.325 e. The Morgan fingerprint density at radius 2 is 2.10 bits per heavy atom. The van der Waals surface area contributed by atoms with Gasteiger partial charge in [0.1, 0.15) is 12.6 Å². The Labute approximate surface area is 123 Å². The molecule has 0 fully saturated rings. The fourth-order valence-corrected chi connectivity index (χ4v) is 2.45. The molecule has 0 bridgehead atoms. The van der Waals surface area contributed by atoms with Crippen LogP contribution >= 0.6 is 0 Å². The van der Waals surface area contributed by atoms with Crippen LogP contribution < -0.4 is 10.2 Å². The molecule has 2 rings (SSSR count). The van der Waals surface area contributed by atoms with Gasteiger partial charge < -0.3 is 10.1 Å². The molecule has 1 aromatic carbocycles. The van der Waals surface area contributed by atoms with Crippen molar-refractivity contribution in [2.24, 2.45) is 0 Å². The number of hydrogen-bond acceptors (Lipinski definition) is 4. The zero-order valence-electron chi connectivity index (χ0n) is 12.1. The quantitative estimate of drug-likeness (QED) is 0.829. The normalized spacial score (nSPS) is 17.7. The molecule has 1 N–H and O–H groups in total. The average Bonchev–Trinajstić information content (AvgIpc) is 2.59. The van der Waals surface area contributed by atoms with Gasteiger partial charge in [-0.3, -0.25) is 19.3 Å². The third-order valence-corrected chi connectivity index (χ3v) is 3.44.